The number of hydrogen-bond donors (Lipinski definition) is 1. The Balaban J connectivity index is 2.31. The monoisotopic (exact) mass is 266 g/mol. The van der Waals surface area contributed by atoms with E-state index in [9.17, 15) is 4.79 Å². The van der Waals surface area contributed by atoms with E-state index in [1.54, 1.807) is 18.3 Å². The topological polar surface area (TPSA) is 60.5 Å². The summed E-state index contributed by atoms with van der Waals surface area (Å²) in [6.45, 7) is 4.87. The van der Waals surface area contributed by atoms with E-state index in [1.807, 2.05) is 0 Å². The van der Waals surface area contributed by atoms with Crippen LogP contribution in [0.25, 0.3) is 0 Å². The highest BCUT2D eigenvalue weighted by molar-refractivity contribution is 5.90. The van der Waals surface area contributed by atoms with Gasteiger partial charge in [0.2, 0.25) is 0 Å². The number of ether oxygens (including phenoxy) is 2. The molecule has 1 N–H and O–H groups in total. The second-order valence-corrected chi connectivity index (χ2v) is 4.13. The van der Waals surface area contributed by atoms with E-state index in [-0.39, 0.29) is 5.97 Å². The van der Waals surface area contributed by atoms with Crippen LogP contribution in [0.3, 0.4) is 0 Å². The quantitative estimate of drug-likeness (QED) is 0.545. The van der Waals surface area contributed by atoms with E-state index in [4.69, 9.17) is 9.47 Å². The molecular formula is C14H22N2O3. The van der Waals surface area contributed by atoms with E-state index >= 15 is 0 Å². The molecule has 0 amide bonds. The van der Waals surface area contributed by atoms with Crippen LogP contribution in [0.15, 0.2) is 18.3 Å². The summed E-state index contributed by atoms with van der Waals surface area (Å²) < 4.78 is 10.2. The largest absolute Gasteiger partial charge is 0.465 e. The van der Waals surface area contributed by atoms with Gasteiger partial charge in [-0.25, -0.2) is 4.79 Å². The third-order valence-corrected chi connectivity index (χ3v) is 2.65. The second kappa shape index (κ2) is 9.47. The Kier molecular flexibility index (Phi) is 7.77. The number of pyridine rings is 1. The zero-order valence-corrected chi connectivity index (χ0v) is 11.6. The molecule has 5 nitrogen and oxygen atoms in total. The molecule has 1 aromatic rings. The number of rotatable bonds is 9. The maximum absolute atomic E-state index is 11.5. The molecule has 0 aliphatic heterocycles. The third kappa shape index (κ3) is 5.81. The van der Waals surface area contributed by atoms with E-state index in [0.717, 1.165) is 26.0 Å². The van der Waals surface area contributed by atoms with Crippen LogP contribution in [0, 0.1) is 0 Å². The van der Waals surface area contributed by atoms with Crippen LogP contribution in [0.4, 0.5) is 0 Å². The average molecular weight is 266 g/mol. The minimum Gasteiger partial charge on any atom is -0.465 e. The first-order valence-corrected chi connectivity index (χ1v) is 6.60. The van der Waals surface area contributed by atoms with Crippen molar-refractivity contribution in [3.63, 3.8) is 0 Å². The summed E-state index contributed by atoms with van der Waals surface area (Å²) >= 11 is 0. The van der Waals surface area contributed by atoms with Gasteiger partial charge in [0.25, 0.3) is 0 Å². The Morgan fingerprint density at radius 2 is 2.26 bits per heavy atom. The average Bonchev–Trinajstić information content (AvgIpc) is 2.46. The molecule has 0 aliphatic rings. The van der Waals surface area contributed by atoms with Gasteiger partial charge in [-0.3, -0.25) is 4.98 Å². The molecule has 0 atom stereocenters. The van der Waals surface area contributed by atoms with Crippen LogP contribution in [0.2, 0.25) is 0 Å². The highest BCUT2D eigenvalue weighted by Gasteiger charge is 2.11. The molecule has 0 aliphatic carbocycles. The molecule has 0 saturated carbocycles. The van der Waals surface area contributed by atoms with Crippen molar-refractivity contribution in [3.05, 3.63) is 29.6 Å². The predicted molar refractivity (Wildman–Crippen MR) is 73.0 cm³/mol. The summed E-state index contributed by atoms with van der Waals surface area (Å²) in [4.78, 5) is 15.7. The molecule has 0 saturated heterocycles. The van der Waals surface area contributed by atoms with Gasteiger partial charge < -0.3 is 14.8 Å². The fourth-order valence-electron chi connectivity index (χ4n) is 1.57. The first kappa shape index (κ1) is 15.6. The first-order valence-electron chi connectivity index (χ1n) is 6.60. The van der Waals surface area contributed by atoms with Crippen LogP contribution < -0.4 is 5.32 Å². The Bertz CT molecular complexity index is 383. The maximum Gasteiger partial charge on any atom is 0.339 e. The summed E-state index contributed by atoms with van der Waals surface area (Å²) in [7, 11) is 1.37. The van der Waals surface area contributed by atoms with Crippen molar-refractivity contribution in [2.45, 2.75) is 26.3 Å². The molecule has 106 valence electrons. The SMILES string of the molecule is CCCCOCCNCc1ncccc1C(=O)OC. The first-order chi connectivity index (χ1) is 9.29. The fourth-order valence-corrected chi connectivity index (χ4v) is 1.57. The molecule has 19 heavy (non-hydrogen) atoms. The number of esters is 1. The lowest BCUT2D eigenvalue weighted by molar-refractivity contribution is 0.0598. The van der Waals surface area contributed by atoms with Gasteiger partial charge in [0.05, 0.1) is 25.0 Å². The third-order valence-electron chi connectivity index (χ3n) is 2.65. The zero-order valence-electron chi connectivity index (χ0n) is 11.6. The van der Waals surface area contributed by atoms with Crippen LogP contribution in [-0.4, -0.2) is 37.8 Å². The Labute approximate surface area is 114 Å². The molecule has 0 bridgehead atoms. The minimum absolute atomic E-state index is 0.357. The van der Waals surface area contributed by atoms with Gasteiger partial charge >= 0.3 is 5.97 Å². The molecule has 0 fully saturated rings. The number of unbranched alkanes of at least 4 members (excludes halogenated alkanes) is 1. The van der Waals surface area contributed by atoms with Crippen LogP contribution in [0.5, 0.6) is 0 Å². The van der Waals surface area contributed by atoms with Crippen LogP contribution in [0.1, 0.15) is 35.8 Å². The van der Waals surface area contributed by atoms with E-state index < -0.39 is 0 Å². The molecule has 5 heteroatoms. The maximum atomic E-state index is 11.5. The Morgan fingerprint density at radius 3 is 3.00 bits per heavy atom. The van der Waals surface area contributed by atoms with Crippen molar-refractivity contribution in [1.82, 2.24) is 10.3 Å². The lowest BCUT2D eigenvalue weighted by Crippen LogP contribution is -2.22. The lowest BCUT2D eigenvalue weighted by Gasteiger charge is -2.08. The summed E-state index contributed by atoms with van der Waals surface area (Å²) in [5.74, 6) is -0.357. The second-order valence-electron chi connectivity index (χ2n) is 4.13. The standard InChI is InChI=1S/C14H22N2O3/c1-3-4-9-19-10-8-15-11-13-12(14(17)18-2)6-5-7-16-13/h5-7,15H,3-4,8-11H2,1-2H3. The van der Waals surface area contributed by atoms with Gasteiger partial charge in [0.1, 0.15) is 0 Å². The highest BCUT2D eigenvalue weighted by Crippen LogP contribution is 2.06. The molecular weight excluding hydrogens is 244 g/mol. The Morgan fingerprint density at radius 1 is 1.42 bits per heavy atom. The normalized spacial score (nSPS) is 10.4. The van der Waals surface area contributed by atoms with Crippen molar-refractivity contribution >= 4 is 5.97 Å². The number of hydrogen-bond acceptors (Lipinski definition) is 5. The summed E-state index contributed by atoms with van der Waals surface area (Å²) in [5.41, 5.74) is 1.20. The fraction of sp³-hybridized carbons (Fsp3) is 0.571. The highest BCUT2D eigenvalue weighted by atomic mass is 16.5. The van der Waals surface area contributed by atoms with E-state index in [1.165, 1.54) is 7.11 Å². The van der Waals surface area contributed by atoms with Crippen molar-refractivity contribution in [3.8, 4) is 0 Å². The van der Waals surface area contributed by atoms with E-state index in [2.05, 4.69) is 17.2 Å². The molecule has 0 unspecified atom stereocenters. The molecule has 0 aromatic carbocycles. The smallest absolute Gasteiger partial charge is 0.339 e. The van der Waals surface area contributed by atoms with Gasteiger partial charge in [-0.15, -0.1) is 0 Å². The summed E-state index contributed by atoms with van der Waals surface area (Å²) in [6.07, 6.45) is 3.90. The van der Waals surface area contributed by atoms with Gasteiger partial charge in [-0.05, 0) is 18.6 Å². The molecule has 0 radical (unpaired) electrons. The predicted octanol–water partition coefficient (Wildman–Crippen LogP) is 1.77. The zero-order chi connectivity index (χ0) is 13.9. The van der Waals surface area contributed by atoms with Crippen LogP contribution >= 0.6 is 0 Å². The molecule has 1 aromatic heterocycles. The lowest BCUT2D eigenvalue weighted by atomic mass is 10.2. The molecule has 1 heterocycles. The Hall–Kier alpha value is -1.46. The number of nitrogens with zero attached hydrogens (tertiary/aromatic N) is 1. The van der Waals surface area contributed by atoms with Gasteiger partial charge in [0, 0.05) is 25.9 Å². The van der Waals surface area contributed by atoms with Crippen molar-refractivity contribution < 1.29 is 14.3 Å². The molecule has 0 spiro atoms. The minimum atomic E-state index is -0.357. The van der Waals surface area contributed by atoms with Crippen molar-refractivity contribution in [1.29, 1.82) is 0 Å². The number of carbonyl (C=O) groups is 1. The molecule has 1 rings (SSSR count). The number of nitrogens with one attached hydrogen (secondary N) is 1. The van der Waals surface area contributed by atoms with Gasteiger partial charge in [-0.2, -0.15) is 0 Å². The van der Waals surface area contributed by atoms with Crippen molar-refractivity contribution in [2.24, 2.45) is 0 Å². The van der Waals surface area contributed by atoms with Gasteiger partial charge in [0.15, 0.2) is 0 Å². The van der Waals surface area contributed by atoms with Crippen LogP contribution in [-0.2, 0) is 16.0 Å². The van der Waals surface area contributed by atoms with Crippen molar-refractivity contribution in [2.75, 3.05) is 26.9 Å². The summed E-state index contributed by atoms with van der Waals surface area (Å²) in [5, 5.41) is 3.20. The summed E-state index contributed by atoms with van der Waals surface area (Å²) in [6, 6.07) is 3.44. The number of methoxy groups -OCH3 is 1. The van der Waals surface area contributed by atoms with E-state index in [0.29, 0.717) is 24.4 Å². The van der Waals surface area contributed by atoms with Gasteiger partial charge in [-0.1, -0.05) is 13.3 Å². The number of aromatic nitrogens is 1. The number of carbonyl (C=O) groups excluding carboxylic acids is 1.